The molecule has 1 aromatic heterocycles. The number of aromatic nitrogens is 1. The minimum Gasteiger partial charge on any atom is -0.375 e. The van der Waals surface area contributed by atoms with E-state index in [1.54, 1.807) is 0 Å². The van der Waals surface area contributed by atoms with Crippen molar-refractivity contribution in [2.75, 3.05) is 18.5 Å². The highest BCUT2D eigenvalue weighted by Gasteiger charge is 2.28. The second kappa shape index (κ2) is 7.81. The molecule has 23 heavy (non-hydrogen) atoms. The molecule has 2 heterocycles. The number of hydrogen-bond donors (Lipinski definition) is 2. The monoisotopic (exact) mass is 337 g/mol. The number of halogens is 1. The minimum absolute atomic E-state index is 0. The van der Waals surface area contributed by atoms with Gasteiger partial charge in [0, 0.05) is 25.0 Å². The first-order chi connectivity index (χ1) is 10.7. The Morgan fingerprint density at radius 3 is 3.00 bits per heavy atom. The summed E-state index contributed by atoms with van der Waals surface area (Å²) in [6, 6.07) is 7.84. The molecular formula is C17H24ClN3O2. The molecule has 0 spiro atoms. The average molecular weight is 338 g/mol. The maximum Gasteiger partial charge on any atom is 0.244 e. The Morgan fingerprint density at radius 2 is 2.26 bits per heavy atom. The zero-order chi connectivity index (χ0) is 15.5. The van der Waals surface area contributed by atoms with Gasteiger partial charge in [-0.25, -0.2) is 0 Å². The smallest absolute Gasteiger partial charge is 0.244 e. The van der Waals surface area contributed by atoms with Crippen LogP contribution in [0.5, 0.6) is 0 Å². The number of carbonyl (C=O) groups is 1. The molecule has 0 bridgehead atoms. The molecule has 3 rings (SSSR count). The third kappa shape index (κ3) is 3.86. The van der Waals surface area contributed by atoms with Crippen molar-refractivity contribution in [1.82, 2.24) is 9.88 Å². The van der Waals surface area contributed by atoms with Crippen molar-refractivity contribution < 1.29 is 9.53 Å². The zero-order valence-corrected chi connectivity index (χ0v) is 14.4. The average Bonchev–Trinajstić information content (AvgIpc) is 2.91. The molecule has 0 unspecified atom stereocenters. The lowest BCUT2D eigenvalue weighted by Crippen LogP contribution is -2.53. The summed E-state index contributed by atoms with van der Waals surface area (Å²) in [6.07, 6.45) is 3.07. The van der Waals surface area contributed by atoms with E-state index in [0.717, 1.165) is 24.2 Å². The van der Waals surface area contributed by atoms with Crippen molar-refractivity contribution >= 4 is 34.9 Å². The number of rotatable bonds is 4. The van der Waals surface area contributed by atoms with Crippen molar-refractivity contribution in [3.05, 3.63) is 30.5 Å². The van der Waals surface area contributed by atoms with Crippen LogP contribution in [0.2, 0.25) is 0 Å². The molecule has 0 saturated carbocycles. The summed E-state index contributed by atoms with van der Waals surface area (Å²) in [7, 11) is 0. The number of aryl methyl sites for hydroxylation is 1. The lowest BCUT2D eigenvalue weighted by molar-refractivity contribution is -0.123. The van der Waals surface area contributed by atoms with Gasteiger partial charge in [-0.2, -0.15) is 0 Å². The molecule has 0 aliphatic carbocycles. The van der Waals surface area contributed by atoms with Gasteiger partial charge in [0.1, 0.15) is 6.04 Å². The van der Waals surface area contributed by atoms with E-state index >= 15 is 0 Å². The number of fused-ring (bicyclic) bond motifs is 1. The van der Waals surface area contributed by atoms with Gasteiger partial charge in [0.2, 0.25) is 5.91 Å². The van der Waals surface area contributed by atoms with Gasteiger partial charge in [0.25, 0.3) is 0 Å². The number of ether oxygens (including phenoxy) is 1. The second-order valence-corrected chi connectivity index (χ2v) is 5.78. The fourth-order valence-corrected chi connectivity index (χ4v) is 2.94. The van der Waals surface area contributed by atoms with Crippen LogP contribution in [0.4, 0.5) is 5.69 Å². The van der Waals surface area contributed by atoms with Crippen molar-refractivity contribution in [1.29, 1.82) is 0 Å². The van der Waals surface area contributed by atoms with Crippen LogP contribution in [-0.2, 0) is 16.1 Å². The summed E-state index contributed by atoms with van der Waals surface area (Å²) >= 11 is 0. The molecule has 2 N–H and O–H groups in total. The first-order valence-corrected chi connectivity index (χ1v) is 7.94. The highest BCUT2D eigenvalue weighted by molar-refractivity contribution is 5.97. The number of benzene rings is 1. The molecular weight excluding hydrogens is 314 g/mol. The molecule has 1 saturated heterocycles. The number of hydrogen-bond acceptors (Lipinski definition) is 3. The van der Waals surface area contributed by atoms with Gasteiger partial charge in [-0.05, 0) is 36.9 Å². The van der Waals surface area contributed by atoms with Crippen LogP contribution in [-0.4, -0.2) is 35.8 Å². The SMILES string of the molecule is CCCn1ccc2ccc(NC(=O)[C@H]3NCCO[C@@H]3C)cc21.Cl. The van der Waals surface area contributed by atoms with Crippen LogP contribution in [0.15, 0.2) is 30.5 Å². The lowest BCUT2D eigenvalue weighted by Gasteiger charge is -2.29. The molecule has 1 aliphatic rings. The Balaban J connectivity index is 0.00000192. The molecule has 1 aliphatic heterocycles. The maximum absolute atomic E-state index is 12.4. The van der Waals surface area contributed by atoms with Gasteiger partial charge in [-0.15, -0.1) is 12.4 Å². The Hall–Kier alpha value is -1.56. The Bertz CT molecular complexity index is 671. The van der Waals surface area contributed by atoms with E-state index in [0.29, 0.717) is 13.2 Å². The van der Waals surface area contributed by atoms with Crippen LogP contribution in [0.3, 0.4) is 0 Å². The van der Waals surface area contributed by atoms with Crippen molar-refractivity contribution in [3.63, 3.8) is 0 Å². The molecule has 2 aromatic rings. The van der Waals surface area contributed by atoms with Gasteiger partial charge >= 0.3 is 0 Å². The van der Waals surface area contributed by atoms with E-state index < -0.39 is 0 Å². The van der Waals surface area contributed by atoms with E-state index in [9.17, 15) is 4.79 Å². The number of morpholine rings is 1. The highest BCUT2D eigenvalue weighted by atomic mass is 35.5. The van der Waals surface area contributed by atoms with E-state index in [-0.39, 0.29) is 30.5 Å². The molecule has 6 heteroatoms. The lowest BCUT2D eigenvalue weighted by atomic mass is 10.1. The molecule has 5 nitrogen and oxygen atoms in total. The van der Waals surface area contributed by atoms with Crippen LogP contribution in [0, 0.1) is 0 Å². The van der Waals surface area contributed by atoms with E-state index in [1.807, 2.05) is 25.1 Å². The Morgan fingerprint density at radius 1 is 1.43 bits per heavy atom. The second-order valence-electron chi connectivity index (χ2n) is 5.78. The number of nitrogens with zero attached hydrogens (tertiary/aromatic N) is 1. The number of nitrogens with one attached hydrogen (secondary N) is 2. The normalized spacial score (nSPS) is 21.0. The first kappa shape index (κ1) is 17.8. The summed E-state index contributed by atoms with van der Waals surface area (Å²) < 4.78 is 7.75. The van der Waals surface area contributed by atoms with E-state index in [2.05, 4.69) is 34.4 Å². The van der Waals surface area contributed by atoms with Crippen LogP contribution in [0.25, 0.3) is 10.9 Å². The number of amides is 1. The molecule has 2 atom stereocenters. The topological polar surface area (TPSA) is 55.3 Å². The summed E-state index contributed by atoms with van der Waals surface area (Å²) in [5.74, 6) is -0.0415. The fraction of sp³-hybridized carbons (Fsp3) is 0.471. The predicted octanol–water partition coefficient (Wildman–Crippen LogP) is 2.79. The van der Waals surface area contributed by atoms with Crippen LogP contribution < -0.4 is 10.6 Å². The zero-order valence-electron chi connectivity index (χ0n) is 13.5. The molecule has 1 amide bonds. The number of carbonyl (C=O) groups excluding carboxylic acids is 1. The van der Waals surface area contributed by atoms with Crippen molar-refractivity contribution in [2.24, 2.45) is 0 Å². The highest BCUT2D eigenvalue weighted by Crippen LogP contribution is 2.21. The molecule has 0 radical (unpaired) electrons. The van der Waals surface area contributed by atoms with Gasteiger partial charge in [0.05, 0.1) is 18.2 Å². The first-order valence-electron chi connectivity index (χ1n) is 7.94. The molecule has 126 valence electrons. The summed E-state index contributed by atoms with van der Waals surface area (Å²) in [5.41, 5.74) is 1.98. The van der Waals surface area contributed by atoms with E-state index in [1.165, 1.54) is 5.39 Å². The maximum atomic E-state index is 12.4. The van der Waals surface area contributed by atoms with Crippen molar-refractivity contribution in [3.8, 4) is 0 Å². The molecule has 1 fully saturated rings. The fourth-order valence-electron chi connectivity index (χ4n) is 2.94. The summed E-state index contributed by atoms with van der Waals surface area (Å²) in [5, 5.41) is 7.40. The van der Waals surface area contributed by atoms with E-state index in [4.69, 9.17) is 4.74 Å². The van der Waals surface area contributed by atoms with Crippen LogP contribution in [0.1, 0.15) is 20.3 Å². The Kier molecular flexibility index (Phi) is 6.04. The quantitative estimate of drug-likeness (QED) is 0.902. The van der Waals surface area contributed by atoms with Gasteiger partial charge in [-0.3, -0.25) is 4.79 Å². The minimum atomic E-state index is -0.299. The van der Waals surface area contributed by atoms with Gasteiger partial charge in [-0.1, -0.05) is 13.0 Å². The van der Waals surface area contributed by atoms with Gasteiger partial charge in [0.15, 0.2) is 0 Å². The van der Waals surface area contributed by atoms with Crippen LogP contribution >= 0.6 is 12.4 Å². The molecule has 1 aromatic carbocycles. The van der Waals surface area contributed by atoms with Gasteiger partial charge < -0.3 is 19.9 Å². The van der Waals surface area contributed by atoms with Crippen molar-refractivity contribution in [2.45, 2.75) is 39.0 Å². The third-order valence-electron chi connectivity index (χ3n) is 4.10. The summed E-state index contributed by atoms with van der Waals surface area (Å²) in [6.45, 7) is 6.43. The largest absolute Gasteiger partial charge is 0.375 e. The Labute approximate surface area is 142 Å². The summed E-state index contributed by atoms with van der Waals surface area (Å²) in [4.78, 5) is 12.4. The standard InChI is InChI=1S/C17H23N3O2.ClH/c1-3-8-20-9-6-13-4-5-14(11-15(13)20)19-17(21)16-12(2)22-10-7-18-16;/h4-6,9,11-12,16,18H,3,7-8,10H2,1-2H3,(H,19,21);1H/t12-,16+;/m1./s1. The number of anilines is 1. The predicted molar refractivity (Wildman–Crippen MR) is 95.3 cm³/mol. The third-order valence-corrected chi connectivity index (χ3v) is 4.10.